The van der Waals surface area contributed by atoms with Gasteiger partial charge in [0.15, 0.2) is 0 Å². The predicted octanol–water partition coefficient (Wildman–Crippen LogP) is 3.37. The maximum absolute atomic E-state index is 14.1. The number of halogens is 1. The molecule has 0 spiro atoms. The summed E-state index contributed by atoms with van der Waals surface area (Å²) in [5.41, 5.74) is 9.40. The Labute approximate surface area is 203 Å². The molecule has 2 N–H and O–H groups in total. The fourth-order valence-electron chi connectivity index (χ4n) is 4.26. The second kappa shape index (κ2) is 8.94. The van der Waals surface area contributed by atoms with Crippen LogP contribution in [-0.4, -0.2) is 52.5 Å². The third kappa shape index (κ3) is 4.46. The van der Waals surface area contributed by atoms with Gasteiger partial charge >= 0.3 is 0 Å². The zero-order chi connectivity index (χ0) is 24.7. The van der Waals surface area contributed by atoms with E-state index in [4.69, 9.17) is 5.73 Å². The molecular weight excluding hydrogens is 467 g/mol. The summed E-state index contributed by atoms with van der Waals surface area (Å²) in [5.74, 6) is 0.669. The molecule has 10 heteroatoms. The van der Waals surface area contributed by atoms with E-state index in [2.05, 4.69) is 10.1 Å². The first-order chi connectivity index (χ1) is 16.7. The quantitative estimate of drug-likeness (QED) is 0.457. The van der Waals surface area contributed by atoms with Gasteiger partial charge in [0.1, 0.15) is 12.0 Å². The van der Waals surface area contributed by atoms with Crippen LogP contribution in [0.3, 0.4) is 0 Å². The fourth-order valence-corrected chi connectivity index (χ4v) is 5.64. The van der Waals surface area contributed by atoms with Crippen molar-refractivity contribution in [1.29, 1.82) is 0 Å². The third-order valence-electron chi connectivity index (χ3n) is 6.36. The molecule has 1 fully saturated rings. The Morgan fingerprint density at radius 3 is 2.43 bits per heavy atom. The minimum Gasteiger partial charge on any atom is -0.354 e. The van der Waals surface area contributed by atoms with Crippen molar-refractivity contribution < 1.29 is 12.8 Å². The van der Waals surface area contributed by atoms with Gasteiger partial charge < -0.3 is 10.6 Å². The lowest BCUT2D eigenvalue weighted by Gasteiger charge is -2.33. The van der Waals surface area contributed by atoms with Crippen molar-refractivity contribution in [2.24, 2.45) is 12.8 Å². The van der Waals surface area contributed by atoms with E-state index in [-0.39, 0.29) is 11.4 Å². The number of hydrogen-bond acceptors (Lipinski definition) is 6. The Kier molecular flexibility index (Phi) is 5.94. The summed E-state index contributed by atoms with van der Waals surface area (Å²) < 4.78 is 44.2. The zero-order valence-corrected chi connectivity index (χ0v) is 20.4. The number of hydrogen-bond donors (Lipinski definition) is 1. The molecule has 3 aromatic heterocycles. The van der Waals surface area contributed by atoms with E-state index < -0.39 is 22.2 Å². The van der Waals surface area contributed by atoms with Crippen LogP contribution in [0.15, 0.2) is 72.1 Å². The van der Waals surface area contributed by atoms with Crippen LogP contribution in [0.25, 0.3) is 22.4 Å². The van der Waals surface area contributed by atoms with Crippen LogP contribution < -0.4 is 10.6 Å². The lowest BCUT2D eigenvalue weighted by atomic mass is 10.0. The first kappa shape index (κ1) is 23.3. The predicted molar refractivity (Wildman–Crippen MR) is 133 cm³/mol. The number of rotatable bonds is 5. The Bertz CT molecular complexity index is 1440. The number of benzene rings is 1. The van der Waals surface area contributed by atoms with Crippen molar-refractivity contribution in [2.75, 3.05) is 18.0 Å². The average molecular weight is 495 g/mol. The highest BCUT2D eigenvalue weighted by Crippen LogP contribution is 2.32. The molecule has 1 aliphatic heterocycles. The Balaban J connectivity index is 1.53. The van der Waals surface area contributed by atoms with Crippen molar-refractivity contribution in [3.63, 3.8) is 0 Å². The molecule has 0 saturated carbocycles. The van der Waals surface area contributed by atoms with Crippen LogP contribution in [0, 0.1) is 6.92 Å². The van der Waals surface area contributed by atoms with E-state index in [1.54, 1.807) is 60.8 Å². The molecule has 5 rings (SSSR count). The van der Waals surface area contributed by atoms with Gasteiger partial charge in [0.2, 0.25) is 0 Å². The van der Waals surface area contributed by atoms with E-state index in [0.717, 1.165) is 11.1 Å². The number of aryl methyl sites for hydroxylation is 2. The Morgan fingerprint density at radius 1 is 1.03 bits per heavy atom. The Hall–Kier alpha value is -3.50. The number of nitrogens with zero attached hydrogens (tertiary/aromatic N) is 5. The van der Waals surface area contributed by atoms with E-state index in [1.165, 1.54) is 3.97 Å². The first-order valence-corrected chi connectivity index (χ1v) is 12.8. The normalized spacial score (nSPS) is 18.7. The molecule has 2 atom stereocenters. The molecule has 4 aromatic rings. The molecule has 0 amide bonds. The number of nitrogens with two attached hydrogens (primary N) is 1. The molecule has 4 heterocycles. The van der Waals surface area contributed by atoms with Crippen molar-refractivity contribution in [2.45, 2.75) is 30.5 Å². The highest BCUT2D eigenvalue weighted by Gasteiger charge is 2.27. The number of aromatic nitrogens is 4. The monoisotopic (exact) mass is 494 g/mol. The van der Waals surface area contributed by atoms with E-state index >= 15 is 0 Å². The molecule has 182 valence electrons. The van der Waals surface area contributed by atoms with Crippen molar-refractivity contribution in [1.82, 2.24) is 18.7 Å². The molecule has 0 aliphatic carbocycles. The summed E-state index contributed by atoms with van der Waals surface area (Å²) in [6.07, 6.45) is 6.17. The van der Waals surface area contributed by atoms with Crippen LogP contribution >= 0.6 is 0 Å². The minimum atomic E-state index is -3.85. The molecule has 0 bridgehead atoms. The highest BCUT2D eigenvalue weighted by atomic mass is 32.2. The van der Waals surface area contributed by atoms with Gasteiger partial charge in [-0.25, -0.2) is 21.8 Å². The van der Waals surface area contributed by atoms with Crippen LogP contribution in [-0.2, 0) is 17.1 Å². The molecule has 8 nitrogen and oxygen atoms in total. The van der Waals surface area contributed by atoms with Gasteiger partial charge in [-0.2, -0.15) is 5.10 Å². The highest BCUT2D eigenvalue weighted by molar-refractivity contribution is 7.90. The van der Waals surface area contributed by atoms with Gasteiger partial charge in [-0.15, -0.1) is 0 Å². The van der Waals surface area contributed by atoms with E-state index in [1.807, 2.05) is 30.0 Å². The molecule has 0 radical (unpaired) electrons. The summed E-state index contributed by atoms with van der Waals surface area (Å²) in [4.78, 5) is 6.61. The zero-order valence-electron chi connectivity index (χ0n) is 19.5. The van der Waals surface area contributed by atoms with Gasteiger partial charge in [-0.3, -0.25) is 4.68 Å². The van der Waals surface area contributed by atoms with Crippen LogP contribution in [0.2, 0.25) is 0 Å². The third-order valence-corrected chi connectivity index (χ3v) is 8.05. The topological polar surface area (TPSA) is 99.0 Å². The second-order valence-electron chi connectivity index (χ2n) is 8.95. The minimum absolute atomic E-state index is 0.202. The lowest BCUT2D eigenvalue weighted by Crippen LogP contribution is -2.48. The van der Waals surface area contributed by atoms with E-state index in [0.29, 0.717) is 35.6 Å². The molecule has 1 saturated heterocycles. The van der Waals surface area contributed by atoms with Gasteiger partial charge in [0.05, 0.1) is 23.3 Å². The summed E-state index contributed by atoms with van der Waals surface area (Å²) in [5, 5.41) is 4.21. The van der Waals surface area contributed by atoms with E-state index in [9.17, 15) is 12.8 Å². The second-order valence-corrected chi connectivity index (χ2v) is 10.8. The first-order valence-electron chi connectivity index (χ1n) is 11.4. The number of alkyl halides is 1. The standard InChI is InChI=1S/C25H27FN6O2S/c1-17-3-6-21(7-4-17)35(33,34)32-15-19(11-24(32)20-13-29-30(2)14-20)18-5-8-25(28-12-18)31-10-9-23(27)22(26)16-31/h3-8,11-15,22-23H,9-10,16,27H2,1-2H3/t22-,23+/m1/s1. The van der Waals surface area contributed by atoms with Crippen molar-refractivity contribution in [3.05, 3.63) is 72.8 Å². The molecule has 0 unspecified atom stereocenters. The number of piperidine rings is 1. The molecule has 1 aliphatic rings. The molecule has 1 aromatic carbocycles. The molecule has 35 heavy (non-hydrogen) atoms. The average Bonchev–Trinajstić information content (AvgIpc) is 3.48. The summed E-state index contributed by atoms with van der Waals surface area (Å²) in [6, 6.07) is 11.8. The maximum Gasteiger partial charge on any atom is 0.268 e. The number of anilines is 1. The number of pyridine rings is 1. The smallest absolute Gasteiger partial charge is 0.268 e. The SMILES string of the molecule is Cc1ccc(S(=O)(=O)n2cc(-c3ccc(N4CC[C@H](N)[C@H](F)C4)nc3)cc2-c2cnn(C)c2)cc1. The largest absolute Gasteiger partial charge is 0.354 e. The fraction of sp³-hybridized carbons (Fsp3) is 0.280. The van der Waals surface area contributed by atoms with Crippen LogP contribution in [0.5, 0.6) is 0 Å². The summed E-state index contributed by atoms with van der Waals surface area (Å²) >= 11 is 0. The van der Waals surface area contributed by atoms with Crippen molar-refractivity contribution in [3.8, 4) is 22.4 Å². The van der Waals surface area contributed by atoms with Gasteiger partial charge in [-0.1, -0.05) is 17.7 Å². The van der Waals surface area contributed by atoms with Gasteiger partial charge in [-0.05, 0) is 43.7 Å². The Morgan fingerprint density at radius 2 is 1.80 bits per heavy atom. The van der Waals surface area contributed by atoms with Crippen LogP contribution in [0.1, 0.15) is 12.0 Å². The van der Waals surface area contributed by atoms with Gasteiger partial charge in [0.25, 0.3) is 10.0 Å². The van der Waals surface area contributed by atoms with Crippen LogP contribution in [0.4, 0.5) is 10.2 Å². The van der Waals surface area contributed by atoms with Crippen molar-refractivity contribution >= 4 is 15.8 Å². The van der Waals surface area contributed by atoms with Gasteiger partial charge in [0, 0.05) is 54.9 Å². The summed E-state index contributed by atoms with van der Waals surface area (Å²) in [7, 11) is -2.07. The summed E-state index contributed by atoms with van der Waals surface area (Å²) in [6.45, 7) is 2.77. The lowest BCUT2D eigenvalue weighted by molar-refractivity contribution is 0.251. The molecular formula is C25H27FN6O2S. The maximum atomic E-state index is 14.1.